The van der Waals surface area contributed by atoms with Crippen molar-refractivity contribution in [2.75, 3.05) is 20.3 Å². The number of nitrogens with one attached hydrogen (secondary N) is 1. The van der Waals surface area contributed by atoms with Gasteiger partial charge in [0.1, 0.15) is 12.2 Å². The van der Waals surface area contributed by atoms with Crippen molar-refractivity contribution in [2.24, 2.45) is 5.73 Å². The topological polar surface area (TPSA) is 82.2 Å². The summed E-state index contributed by atoms with van der Waals surface area (Å²) in [5, 5.41) is 3.78. The van der Waals surface area contributed by atoms with E-state index in [0.717, 1.165) is 16.6 Å². The fourth-order valence-corrected chi connectivity index (χ4v) is 1.98. The number of carbonyl (C=O) groups excluding carboxylic acids is 1. The summed E-state index contributed by atoms with van der Waals surface area (Å²) in [6, 6.07) is 3.83. The number of fused-ring (bicyclic) bond motifs is 1. The summed E-state index contributed by atoms with van der Waals surface area (Å²) in [5.41, 5.74) is 7.48. The van der Waals surface area contributed by atoms with Crippen LogP contribution < -0.4 is 11.1 Å². The average molecular weight is 262 g/mol. The lowest BCUT2D eigenvalue weighted by Crippen LogP contribution is -2.30. The van der Waals surface area contributed by atoms with Gasteiger partial charge in [-0.25, -0.2) is 4.98 Å². The van der Waals surface area contributed by atoms with Gasteiger partial charge in [0.15, 0.2) is 0 Å². The molecule has 0 aliphatic heterocycles. The maximum absolute atomic E-state index is 11.8. The molecule has 19 heavy (non-hydrogen) atoms. The highest BCUT2D eigenvalue weighted by Gasteiger charge is 2.10. The largest absolute Gasteiger partial charge is 0.383 e. The minimum Gasteiger partial charge on any atom is -0.383 e. The third-order valence-corrected chi connectivity index (χ3v) is 2.88. The smallest absolute Gasteiger partial charge is 0.240 e. The summed E-state index contributed by atoms with van der Waals surface area (Å²) in [5.74, 6) is -0.0665. The van der Waals surface area contributed by atoms with Gasteiger partial charge < -0.3 is 20.4 Å². The van der Waals surface area contributed by atoms with E-state index in [9.17, 15) is 4.79 Å². The molecule has 1 amide bonds. The molecule has 0 spiro atoms. The summed E-state index contributed by atoms with van der Waals surface area (Å²) >= 11 is 0. The van der Waals surface area contributed by atoms with Gasteiger partial charge in [0, 0.05) is 38.0 Å². The van der Waals surface area contributed by atoms with Crippen molar-refractivity contribution in [2.45, 2.75) is 13.1 Å². The fraction of sp³-hybridized carbons (Fsp3) is 0.385. The van der Waals surface area contributed by atoms with E-state index in [1.165, 1.54) is 0 Å². The molecule has 102 valence electrons. The van der Waals surface area contributed by atoms with Crippen molar-refractivity contribution in [1.29, 1.82) is 0 Å². The number of ether oxygens (including phenoxy) is 1. The van der Waals surface area contributed by atoms with Gasteiger partial charge in [-0.05, 0) is 17.7 Å². The third kappa shape index (κ3) is 3.10. The quantitative estimate of drug-likeness (QED) is 0.731. The molecule has 3 N–H and O–H groups in total. The van der Waals surface area contributed by atoms with Crippen LogP contribution in [0, 0.1) is 0 Å². The van der Waals surface area contributed by atoms with E-state index in [0.29, 0.717) is 19.7 Å². The van der Waals surface area contributed by atoms with Crippen molar-refractivity contribution in [3.63, 3.8) is 0 Å². The van der Waals surface area contributed by atoms with Gasteiger partial charge in [-0.3, -0.25) is 4.79 Å². The Morgan fingerprint density at radius 1 is 1.58 bits per heavy atom. The standard InChI is InChI=1S/C13H18N4O2/c1-19-6-5-15-12(18)9-17-8-10(7-14)11-3-2-4-16-13(11)17/h2-4,8H,5-7,9,14H2,1H3,(H,15,18). The Labute approximate surface area is 111 Å². The van der Waals surface area contributed by atoms with Gasteiger partial charge in [0.25, 0.3) is 0 Å². The van der Waals surface area contributed by atoms with Gasteiger partial charge in [-0.1, -0.05) is 0 Å². The molecule has 2 heterocycles. The molecule has 0 fully saturated rings. The second kappa shape index (κ2) is 6.31. The summed E-state index contributed by atoms with van der Waals surface area (Å²) in [6.07, 6.45) is 3.59. The van der Waals surface area contributed by atoms with Crippen molar-refractivity contribution in [3.05, 3.63) is 30.1 Å². The molecule has 6 heteroatoms. The maximum atomic E-state index is 11.8. The Morgan fingerprint density at radius 2 is 2.42 bits per heavy atom. The van der Waals surface area contributed by atoms with E-state index in [-0.39, 0.29) is 12.5 Å². The molecule has 2 aromatic heterocycles. The lowest BCUT2D eigenvalue weighted by molar-refractivity contribution is -0.121. The number of methoxy groups -OCH3 is 1. The first-order valence-electron chi connectivity index (χ1n) is 6.14. The van der Waals surface area contributed by atoms with Crippen molar-refractivity contribution < 1.29 is 9.53 Å². The summed E-state index contributed by atoms with van der Waals surface area (Å²) in [6.45, 7) is 1.67. The van der Waals surface area contributed by atoms with Crippen LogP contribution in [0.5, 0.6) is 0 Å². The molecule has 0 atom stereocenters. The minimum absolute atomic E-state index is 0.0665. The van der Waals surface area contributed by atoms with Crippen LogP contribution in [0.1, 0.15) is 5.56 Å². The molecule has 0 saturated carbocycles. The van der Waals surface area contributed by atoms with Crippen molar-refractivity contribution in [1.82, 2.24) is 14.9 Å². The van der Waals surface area contributed by atoms with Crippen molar-refractivity contribution in [3.8, 4) is 0 Å². The average Bonchev–Trinajstić information content (AvgIpc) is 2.77. The predicted octanol–water partition coefficient (Wildman–Crippen LogP) is 0.258. The maximum Gasteiger partial charge on any atom is 0.240 e. The molecule has 2 aromatic rings. The zero-order valence-corrected chi connectivity index (χ0v) is 10.9. The first-order valence-corrected chi connectivity index (χ1v) is 6.14. The molecule has 0 radical (unpaired) electrons. The molecular formula is C13H18N4O2. The Balaban J connectivity index is 2.14. The Bertz CT molecular complexity index is 565. The zero-order chi connectivity index (χ0) is 13.7. The normalized spacial score (nSPS) is 10.8. The van der Waals surface area contributed by atoms with Crippen LogP contribution in [0.2, 0.25) is 0 Å². The second-order valence-electron chi connectivity index (χ2n) is 4.20. The highest BCUT2D eigenvalue weighted by molar-refractivity contribution is 5.83. The van der Waals surface area contributed by atoms with E-state index in [1.54, 1.807) is 13.3 Å². The number of aromatic nitrogens is 2. The highest BCUT2D eigenvalue weighted by atomic mass is 16.5. The van der Waals surface area contributed by atoms with E-state index in [2.05, 4.69) is 10.3 Å². The number of hydrogen-bond donors (Lipinski definition) is 2. The number of hydrogen-bond acceptors (Lipinski definition) is 4. The number of pyridine rings is 1. The van der Waals surface area contributed by atoms with Crippen LogP contribution in [0.25, 0.3) is 11.0 Å². The van der Waals surface area contributed by atoms with Crippen LogP contribution in [-0.2, 0) is 22.6 Å². The number of nitrogens with two attached hydrogens (primary N) is 1. The fourth-order valence-electron chi connectivity index (χ4n) is 1.98. The molecule has 0 aliphatic carbocycles. The van der Waals surface area contributed by atoms with Crippen LogP contribution in [0.3, 0.4) is 0 Å². The van der Waals surface area contributed by atoms with Gasteiger partial charge in [0.2, 0.25) is 5.91 Å². The Hall–Kier alpha value is -1.92. The van der Waals surface area contributed by atoms with Gasteiger partial charge in [-0.2, -0.15) is 0 Å². The molecule has 6 nitrogen and oxygen atoms in total. The van der Waals surface area contributed by atoms with Gasteiger partial charge in [0.05, 0.1) is 6.61 Å². The molecule has 0 bridgehead atoms. The third-order valence-electron chi connectivity index (χ3n) is 2.88. The van der Waals surface area contributed by atoms with E-state index >= 15 is 0 Å². The van der Waals surface area contributed by atoms with Crippen LogP contribution in [0.4, 0.5) is 0 Å². The summed E-state index contributed by atoms with van der Waals surface area (Å²) in [4.78, 5) is 16.1. The van der Waals surface area contributed by atoms with E-state index < -0.39 is 0 Å². The molecule has 0 aliphatic rings. The zero-order valence-electron chi connectivity index (χ0n) is 10.9. The second-order valence-corrected chi connectivity index (χ2v) is 4.20. The van der Waals surface area contributed by atoms with Gasteiger partial charge in [-0.15, -0.1) is 0 Å². The van der Waals surface area contributed by atoms with E-state index in [4.69, 9.17) is 10.5 Å². The van der Waals surface area contributed by atoms with Crippen LogP contribution >= 0.6 is 0 Å². The first-order chi connectivity index (χ1) is 9.26. The van der Waals surface area contributed by atoms with Crippen LogP contribution in [0.15, 0.2) is 24.5 Å². The monoisotopic (exact) mass is 262 g/mol. The Kier molecular flexibility index (Phi) is 4.48. The molecule has 0 aromatic carbocycles. The highest BCUT2D eigenvalue weighted by Crippen LogP contribution is 2.18. The predicted molar refractivity (Wildman–Crippen MR) is 72.5 cm³/mol. The lowest BCUT2D eigenvalue weighted by atomic mass is 10.2. The number of amides is 1. The lowest BCUT2D eigenvalue weighted by Gasteiger charge is -2.06. The molecule has 0 saturated heterocycles. The molecular weight excluding hydrogens is 244 g/mol. The molecule has 0 unspecified atom stereocenters. The Morgan fingerprint density at radius 3 is 3.16 bits per heavy atom. The summed E-state index contributed by atoms with van der Waals surface area (Å²) in [7, 11) is 1.60. The van der Waals surface area contributed by atoms with Crippen molar-refractivity contribution >= 4 is 16.9 Å². The molecule has 2 rings (SSSR count). The number of rotatable bonds is 6. The van der Waals surface area contributed by atoms with Gasteiger partial charge >= 0.3 is 0 Å². The summed E-state index contributed by atoms with van der Waals surface area (Å²) < 4.78 is 6.70. The minimum atomic E-state index is -0.0665. The van der Waals surface area contributed by atoms with E-state index in [1.807, 2.05) is 22.9 Å². The SMILES string of the molecule is COCCNC(=O)Cn1cc(CN)c2cccnc21. The first kappa shape index (κ1) is 13.5. The number of carbonyl (C=O) groups is 1. The van der Waals surface area contributed by atoms with Crippen LogP contribution in [-0.4, -0.2) is 35.7 Å². The number of nitrogens with zero attached hydrogens (tertiary/aromatic N) is 2.